The maximum Gasteiger partial charge on any atom is 0.319 e. The summed E-state index contributed by atoms with van der Waals surface area (Å²) in [5.74, 6) is -1.56. The molecule has 2 fully saturated rings. The van der Waals surface area contributed by atoms with Crippen molar-refractivity contribution >= 4 is 17.6 Å². The molecule has 4 N–H and O–H groups in total. The molecule has 0 aliphatic carbocycles. The Morgan fingerprint density at radius 1 is 1.18 bits per heavy atom. The number of nitrogens with one attached hydrogen (secondary N) is 3. The average Bonchev–Trinajstić information content (AvgIpc) is 2.81. The molecule has 9 nitrogen and oxygen atoms in total. The van der Waals surface area contributed by atoms with Gasteiger partial charge in [0.2, 0.25) is 5.91 Å². The van der Waals surface area contributed by atoms with Gasteiger partial charge in [-0.2, -0.15) is 0 Å². The number of anilines is 1. The second-order valence-corrected chi connectivity index (χ2v) is 8.25. The second kappa shape index (κ2) is 12.8. The third-order valence-corrected chi connectivity index (χ3v) is 5.78. The van der Waals surface area contributed by atoms with Crippen molar-refractivity contribution in [1.82, 2.24) is 15.5 Å². The SMILES string of the molecule is O=C(C[C@@H]1CC[C@H](NC(=O)Nc2cc(F)ccc2F)[C@H](CO)O1)NCCCN1CCOCC1. The molecule has 2 saturated heterocycles. The number of hydrogen-bond donors (Lipinski definition) is 4. The summed E-state index contributed by atoms with van der Waals surface area (Å²) in [5, 5.41) is 17.5. The third kappa shape index (κ3) is 8.18. The van der Waals surface area contributed by atoms with Gasteiger partial charge in [-0.05, 0) is 37.9 Å². The summed E-state index contributed by atoms with van der Waals surface area (Å²) in [4.78, 5) is 26.8. The van der Waals surface area contributed by atoms with E-state index in [1.54, 1.807) is 0 Å². The molecule has 0 spiro atoms. The minimum atomic E-state index is -0.763. The summed E-state index contributed by atoms with van der Waals surface area (Å²) in [6.45, 7) is 4.45. The van der Waals surface area contributed by atoms with Crippen LogP contribution in [0, 0.1) is 11.6 Å². The molecule has 2 heterocycles. The summed E-state index contributed by atoms with van der Waals surface area (Å²) in [7, 11) is 0. The van der Waals surface area contributed by atoms with Crippen LogP contribution >= 0.6 is 0 Å². The molecule has 0 unspecified atom stereocenters. The first-order valence-electron chi connectivity index (χ1n) is 11.3. The predicted molar refractivity (Wildman–Crippen MR) is 117 cm³/mol. The topological polar surface area (TPSA) is 112 Å². The van der Waals surface area contributed by atoms with E-state index in [0.717, 1.165) is 57.5 Å². The zero-order valence-corrected chi connectivity index (χ0v) is 18.5. The van der Waals surface area contributed by atoms with Crippen LogP contribution in [-0.4, -0.2) is 86.2 Å². The molecule has 1 aromatic carbocycles. The van der Waals surface area contributed by atoms with Gasteiger partial charge in [-0.1, -0.05) is 0 Å². The molecule has 0 saturated carbocycles. The Bertz CT molecular complexity index is 794. The number of benzene rings is 1. The van der Waals surface area contributed by atoms with Gasteiger partial charge in [0.1, 0.15) is 17.7 Å². The summed E-state index contributed by atoms with van der Waals surface area (Å²) in [5.41, 5.74) is -0.284. The Labute approximate surface area is 191 Å². The summed E-state index contributed by atoms with van der Waals surface area (Å²) in [6.07, 6.45) is 0.922. The quantitative estimate of drug-likeness (QED) is 0.404. The lowest BCUT2D eigenvalue weighted by Crippen LogP contribution is -2.52. The summed E-state index contributed by atoms with van der Waals surface area (Å²) >= 11 is 0. The van der Waals surface area contributed by atoms with Crippen molar-refractivity contribution in [2.45, 2.75) is 43.9 Å². The minimum absolute atomic E-state index is 0.121. The molecule has 33 heavy (non-hydrogen) atoms. The van der Waals surface area contributed by atoms with Crippen molar-refractivity contribution in [3.8, 4) is 0 Å². The van der Waals surface area contributed by atoms with Gasteiger partial charge in [-0.3, -0.25) is 9.69 Å². The van der Waals surface area contributed by atoms with E-state index in [4.69, 9.17) is 9.47 Å². The van der Waals surface area contributed by atoms with E-state index in [1.165, 1.54) is 0 Å². The Kier molecular flexibility index (Phi) is 9.79. The lowest BCUT2D eigenvalue weighted by molar-refractivity contribution is -0.130. The number of ether oxygens (including phenoxy) is 2. The van der Waals surface area contributed by atoms with Crippen LogP contribution in [0.5, 0.6) is 0 Å². The van der Waals surface area contributed by atoms with Crippen LogP contribution in [0.2, 0.25) is 0 Å². The van der Waals surface area contributed by atoms with Gasteiger partial charge in [-0.25, -0.2) is 13.6 Å². The highest BCUT2D eigenvalue weighted by Gasteiger charge is 2.33. The van der Waals surface area contributed by atoms with Gasteiger partial charge in [-0.15, -0.1) is 0 Å². The lowest BCUT2D eigenvalue weighted by Gasteiger charge is -2.36. The van der Waals surface area contributed by atoms with Crippen LogP contribution in [0.3, 0.4) is 0 Å². The molecule has 3 rings (SSSR count). The van der Waals surface area contributed by atoms with Crippen molar-refractivity contribution in [2.75, 3.05) is 51.3 Å². The second-order valence-electron chi connectivity index (χ2n) is 8.25. The van der Waals surface area contributed by atoms with Crippen LogP contribution in [0.25, 0.3) is 0 Å². The number of aliphatic hydroxyl groups excluding tert-OH is 1. The zero-order valence-electron chi connectivity index (χ0n) is 18.5. The first-order valence-corrected chi connectivity index (χ1v) is 11.3. The van der Waals surface area contributed by atoms with Crippen molar-refractivity contribution in [1.29, 1.82) is 0 Å². The third-order valence-electron chi connectivity index (χ3n) is 5.78. The number of amides is 3. The fraction of sp³-hybridized carbons (Fsp3) is 0.636. The van der Waals surface area contributed by atoms with Gasteiger partial charge in [0, 0.05) is 25.7 Å². The molecule has 11 heteroatoms. The number of morpholine rings is 1. The highest BCUT2D eigenvalue weighted by molar-refractivity contribution is 5.89. The molecular weight excluding hydrogens is 438 g/mol. The monoisotopic (exact) mass is 470 g/mol. The van der Waals surface area contributed by atoms with E-state index in [-0.39, 0.29) is 30.7 Å². The maximum atomic E-state index is 13.7. The van der Waals surface area contributed by atoms with E-state index >= 15 is 0 Å². The normalized spacial score (nSPS) is 23.7. The van der Waals surface area contributed by atoms with E-state index in [0.29, 0.717) is 19.4 Å². The summed E-state index contributed by atoms with van der Waals surface area (Å²) < 4.78 is 38.1. The number of carbonyl (C=O) groups excluding carboxylic acids is 2. The average molecular weight is 471 g/mol. The van der Waals surface area contributed by atoms with E-state index in [2.05, 4.69) is 20.9 Å². The van der Waals surface area contributed by atoms with Gasteiger partial charge in [0.15, 0.2) is 0 Å². The van der Waals surface area contributed by atoms with Crippen LogP contribution in [-0.2, 0) is 14.3 Å². The van der Waals surface area contributed by atoms with Crippen LogP contribution in [0.15, 0.2) is 18.2 Å². The standard InChI is InChI=1S/C22H32F2N4O5/c23-15-2-4-17(24)19(12-15)27-22(31)26-18-5-3-16(33-20(18)14-29)13-21(30)25-6-1-7-28-8-10-32-11-9-28/h2,4,12,16,18,20,29H,1,3,5-11,13-14H2,(H,25,30)(H2,26,27,31)/t16-,18-,20-/m0/s1. The molecule has 1 aromatic rings. The molecule has 2 aliphatic rings. The number of halogens is 2. The Morgan fingerprint density at radius 3 is 2.73 bits per heavy atom. The Balaban J connectivity index is 1.37. The molecule has 3 atom stereocenters. The smallest absolute Gasteiger partial charge is 0.319 e. The lowest BCUT2D eigenvalue weighted by atomic mass is 9.97. The molecule has 0 bridgehead atoms. The van der Waals surface area contributed by atoms with Gasteiger partial charge < -0.3 is 30.5 Å². The molecule has 0 radical (unpaired) electrons. The Hall–Kier alpha value is -2.34. The summed E-state index contributed by atoms with van der Waals surface area (Å²) in [6, 6.07) is 1.49. The highest BCUT2D eigenvalue weighted by atomic mass is 19.1. The van der Waals surface area contributed by atoms with E-state index in [1.807, 2.05) is 0 Å². The largest absolute Gasteiger partial charge is 0.394 e. The number of nitrogens with zero attached hydrogens (tertiary/aromatic N) is 1. The Morgan fingerprint density at radius 2 is 1.97 bits per heavy atom. The fourth-order valence-corrected chi connectivity index (χ4v) is 4.00. The first-order chi connectivity index (χ1) is 15.9. The van der Waals surface area contributed by atoms with Crippen molar-refractivity contribution < 1.29 is 33.0 Å². The number of aliphatic hydroxyl groups is 1. The van der Waals surface area contributed by atoms with Crippen molar-refractivity contribution in [2.24, 2.45) is 0 Å². The molecule has 0 aromatic heterocycles. The van der Waals surface area contributed by atoms with Gasteiger partial charge in [0.05, 0.1) is 44.1 Å². The molecular formula is C22H32F2N4O5. The molecule has 184 valence electrons. The van der Waals surface area contributed by atoms with Gasteiger partial charge >= 0.3 is 6.03 Å². The number of hydrogen-bond acceptors (Lipinski definition) is 6. The molecule has 2 aliphatic heterocycles. The van der Waals surface area contributed by atoms with E-state index in [9.17, 15) is 23.5 Å². The number of rotatable bonds is 9. The number of urea groups is 1. The highest BCUT2D eigenvalue weighted by Crippen LogP contribution is 2.22. The molecule has 3 amide bonds. The van der Waals surface area contributed by atoms with Gasteiger partial charge in [0.25, 0.3) is 0 Å². The maximum absolute atomic E-state index is 13.7. The predicted octanol–water partition coefficient (Wildman–Crippen LogP) is 1.22. The number of carbonyl (C=O) groups is 2. The van der Waals surface area contributed by atoms with Crippen molar-refractivity contribution in [3.63, 3.8) is 0 Å². The van der Waals surface area contributed by atoms with Crippen molar-refractivity contribution in [3.05, 3.63) is 29.8 Å². The fourth-order valence-electron chi connectivity index (χ4n) is 4.00. The van der Waals surface area contributed by atoms with E-state index < -0.39 is 29.8 Å². The first kappa shape index (κ1) is 25.3. The minimum Gasteiger partial charge on any atom is -0.394 e. The van der Waals surface area contributed by atoms with Crippen LogP contribution < -0.4 is 16.0 Å². The van der Waals surface area contributed by atoms with Crippen LogP contribution in [0.1, 0.15) is 25.7 Å². The zero-order chi connectivity index (χ0) is 23.6. The van der Waals surface area contributed by atoms with Crippen LogP contribution in [0.4, 0.5) is 19.3 Å².